The predicted octanol–water partition coefficient (Wildman–Crippen LogP) is 2.47. The van der Waals surface area contributed by atoms with Crippen molar-refractivity contribution in [3.8, 4) is 0 Å². The monoisotopic (exact) mass is 241 g/mol. The van der Waals surface area contributed by atoms with Crippen molar-refractivity contribution >= 4 is 30.5 Å². The molecule has 2 aromatic rings. The van der Waals surface area contributed by atoms with E-state index in [1.165, 1.54) is 6.20 Å². The van der Waals surface area contributed by atoms with Gasteiger partial charge in [-0.2, -0.15) is 0 Å². The quantitative estimate of drug-likeness (QED) is 0.721. The van der Waals surface area contributed by atoms with E-state index in [4.69, 9.17) is 10.7 Å². The summed E-state index contributed by atoms with van der Waals surface area (Å²) >= 11 is 0. The molecule has 0 N–H and O–H groups in total. The number of halogens is 1. The van der Waals surface area contributed by atoms with Crippen LogP contribution in [0.4, 0.5) is 0 Å². The summed E-state index contributed by atoms with van der Waals surface area (Å²) in [6.07, 6.45) is 1.51. The number of benzene rings is 1. The van der Waals surface area contributed by atoms with Crippen LogP contribution in [-0.4, -0.2) is 13.4 Å². The maximum Gasteiger partial charge on any atom is 0.279 e. The SMILES string of the molecule is Cc1cnc(S(=O)(=O)Cl)c2ccccc12. The van der Waals surface area contributed by atoms with Crippen molar-refractivity contribution in [2.24, 2.45) is 0 Å². The molecule has 1 heterocycles. The first-order chi connectivity index (χ1) is 7.00. The van der Waals surface area contributed by atoms with Crippen molar-refractivity contribution < 1.29 is 8.42 Å². The zero-order valence-electron chi connectivity index (χ0n) is 7.94. The summed E-state index contributed by atoms with van der Waals surface area (Å²) in [5.74, 6) is 0. The van der Waals surface area contributed by atoms with Gasteiger partial charge < -0.3 is 0 Å². The molecule has 3 nitrogen and oxygen atoms in total. The molecule has 0 aliphatic rings. The van der Waals surface area contributed by atoms with Crippen molar-refractivity contribution in [3.05, 3.63) is 36.0 Å². The van der Waals surface area contributed by atoms with E-state index in [0.29, 0.717) is 5.39 Å². The fourth-order valence-corrected chi connectivity index (χ4v) is 2.49. The van der Waals surface area contributed by atoms with Gasteiger partial charge in [-0.25, -0.2) is 13.4 Å². The van der Waals surface area contributed by atoms with Crippen LogP contribution in [0.15, 0.2) is 35.5 Å². The van der Waals surface area contributed by atoms with E-state index in [9.17, 15) is 8.42 Å². The smallest absolute Gasteiger partial charge is 0.243 e. The van der Waals surface area contributed by atoms with E-state index in [1.54, 1.807) is 12.1 Å². The molecular weight excluding hydrogens is 234 g/mol. The lowest BCUT2D eigenvalue weighted by Gasteiger charge is -2.04. The second-order valence-electron chi connectivity index (χ2n) is 3.23. The third-order valence-electron chi connectivity index (χ3n) is 2.19. The van der Waals surface area contributed by atoms with Crippen molar-refractivity contribution in [3.63, 3.8) is 0 Å². The Morgan fingerprint density at radius 2 is 1.80 bits per heavy atom. The van der Waals surface area contributed by atoms with Crippen LogP contribution in [-0.2, 0) is 9.05 Å². The van der Waals surface area contributed by atoms with E-state index in [2.05, 4.69) is 4.98 Å². The van der Waals surface area contributed by atoms with Crippen LogP contribution in [0.1, 0.15) is 5.56 Å². The van der Waals surface area contributed by atoms with Crippen molar-refractivity contribution in [2.75, 3.05) is 0 Å². The van der Waals surface area contributed by atoms with Crippen LogP contribution >= 0.6 is 10.7 Å². The largest absolute Gasteiger partial charge is 0.279 e. The molecule has 0 unspecified atom stereocenters. The summed E-state index contributed by atoms with van der Waals surface area (Å²) in [5, 5.41) is 1.34. The van der Waals surface area contributed by atoms with E-state index >= 15 is 0 Å². The normalized spacial score (nSPS) is 11.9. The highest BCUT2D eigenvalue weighted by Crippen LogP contribution is 2.25. The van der Waals surface area contributed by atoms with Gasteiger partial charge in [-0.15, -0.1) is 0 Å². The molecule has 5 heteroatoms. The molecule has 0 atom stereocenters. The number of fused-ring (bicyclic) bond motifs is 1. The Bertz CT molecular complexity index is 622. The maximum atomic E-state index is 11.3. The number of hydrogen-bond donors (Lipinski definition) is 0. The maximum absolute atomic E-state index is 11.3. The Kier molecular flexibility index (Phi) is 2.40. The molecule has 2 rings (SSSR count). The molecule has 0 saturated carbocycles. The Labute approximate surface area is 92.1 Å². The van der Waals surface area contributed by atoms with Crippen LogP contribution in [0.2, 0.25) is 0 Å². The molecule has 0 radical (unpaired) electrons. The Morgan fingerprint density at radius 3 is 2.40 bits per heavy atom. The summed E-state index contributed by atoms with van der Waals surface area (Å²) in [4.78, 5) is 3.86. The molecule has 0 bridgehead atoms. The van der Waals surface area contributed by atoms with Gasteiger partial charge >= 0.3 is 0 Å². The molecule has 0 aliphatic carbocycles. The lowest BCUT2D eigenvalue weighted by molar-refractivity contribution is 0.607. The summed E-state index contributed by atoms with van der Waals surface area (Å²) < 4.78 is 22.5. The minimum absolute atomic E-state index is 0.0784. The van der Waals surface area contributed by atoms with Gasteiger partial charge in [-0.3, -0.25) is 0 Å². The van der Waals surface area contributed by atoms with Gasteiger partial charge in [0.05, 0.1) is 0 Å². The summed E-state index contributed by atoms with van der Waals surface area (Å²) in [7, 11) is 1.51. The number of aryl methyl sites for hydroxylation is 1. The number of pyridine rings is 1. The van der Waals surface area contributed by atoms with Gasteiger partial charge in [0.1, 0.15) is 0 Å². The first-order valence-electron chi connectivity index (χ1n) is 4.29. The van der Waals surface area contributed by atoms with Gasteiger partial charge in [-0.1, -0.05) is 24.3 Å². The van der Waals surface area contributed by atoms with E-state index in [-0.39, 0.29) is 5.03 Å². The third-order valence-corrected chi connectivity index (χ3v) is 3.41. The number of nitrogens with zero attached hydrogens (tertiary/aromatic N) is 1. The topological polar surface area (TPSA) is 47.0 Å². The molecular formula is C10H8ClNO2S. The Hall–Kier alpha value is -1.13. The summed E-state index contributed by atoms with van der Waals surface area (Å²) in [5.41, 5.74) is 0.926. The highest BCUT2D eigenvalue weighted by molar-refractivity contribution is 8.13. The molecule has 78 valence electrons. The number of hydrogen-bond acceptors (Lipinski definition) is 3. The van der Waals surface area contributed by atoms with Crippen LogP contribution in [0.5, 0.6) is 0 Å². The second kappa shape index (κ2) is 3.47. The van der Waals surface area contributed by atoms with Gasteiger partial charge in [-0.05, 0) is 17.9 Å². The molecule has 0 aliphatic heterocycles. The fraction of sp³-hybridized carbons (Fsp3) is 0.100. The first-order valence-corrected chi connectivity index (χ1v) is 6.60. The average molecular weight is 242 g/mol. The molecule has 0 saturated heterocycles. The zero-order chi connectivity index (χ0) is 11.1. The Morgan fingerprint density at radius 1 is 1.20 bits per heavy atom. The lowest BCUT2D eigenvalue weighted by Crippen LogP contribution is -1.97. The average Bonchev–Trinajstić information content (AvgIpc) is 2.17. The molecule has 0 amide bonds. The third kappa shape index (κ3) is 1.82. The van der Waals surface area contributed by atoms with Crippen molar-refractivity contribution in [1.29, 1.82) is 0 Å². The Balaban J connectivity index is 2.96. The molecule has 1 aromatic carbocycles. The van der Waals surface area contributed by atoms with Gasteiger partial charge in [0, 0.05) is 22.3 Å². The number of aromatic nitrogens is 1. The fourth-order valence-electron chi connectivity index (χ4n) is 1.50. The minimum Gasteiger partial charge on any atom is -0.243 e. The van der Waals surface area contributed by atoms with Gasteiger partial charge in [0.15, 0.2) is 5.03 Å². The summed E-state index contributed by atoms with van der Waals surface area (Å²) in [6.45, 7) is 1.87. The molecule has 0 fully saturated rings. The summed E-state index contributed by atoms with van der Waals surface area (Å²) in [6, 6.07) is 7.15. The van der Waals surface area contributed by atoms with Crippen LogP contribution in [0.25, 0.3) is 10.8 Å². The number of rotatable bonds is 1. The van der Waals surface area contributed by atoms with Crippen LogP contribution in [0, 0.1) is 6.92 Å². The van der Waals surface area contributed by atoms with Crippen molar-refractivity contribution in [1.82, 2.24) is 4.98 Å². The van der Waals surface area contributed by atoms with E-state index in [1.807, 2.05) is 19.1 Å². The predicted molar refractivity (Wildman–Crippen MR) is 59.5 cm³/mol. The zero-order valence-corrected chi connectivity index (χ0v) is 9.51. The van der Waals surface area contributed by atoms with Gasteiger partial charge in [0.25, 0.3) is 9.05 Å². The van der Waals surface area contributed by atoms with E-state index in [0.717, 1.165) is 10.9 Å². The molecule has 15 heavy (non-hydrogen) atoms. The first kappa shape index (κ1) is 10.4. The van der Waals surface area contributed by atoms with Crippen LogP contribution < -0.4 is 0 Å². The van der Waals surface area contributed by atoms with Crippen molar-refractivity contribution in [2.45, 2.75) is 11.9 Å². The highest BCUT2D eigenvalue weighted by Gasteiger charge is 2.16. The van der Waals surface area contributed by atoms with Gasteiger partial charge in [0.2, 0.25) is 0 Å². The molecule has 0 spiro atoms. The molecule has 1 aromatic heterocycles. The standard InChI is InChI=1S/C10H8ClNO2S/c1-7-6-12-10(15(11,13)14)9-5-3-2-4-8(7)9/h2-6H,1H3. The second-order valence-corrected chi connectivity index (χ2v) is 5.71. The minimum atomic E-state index is -3.79. The van der Waals surface area contributed by atoms with E-state index < -0.39 is 9.05 Å². The highest BCUT2D eigenvalue weighted by atomic mass is 35.7. The lowest BCUT2D eigenvalue weighted by atomic mass is 10.1. The van der Waals surface area contributed by atoms with Crippen LogP contribution in [0.3, 0.4) is 0 Å².